The molecule has 0 heterocycles. The second kappa shape index (κ2) is 7.10. The molecule has 2 rings (SSSR count). The van der Waals surface area contributed by atoms with E-state index in [1.165, 1.54) is 0 Å². The van der Waals surface area contributed by atoms with Crippen LogP contribution >= 0.6 is 0 Å². The molecule has 2 nitrogen and oxygen atoms in total. The minimum atomic E-state index is -0.679. The maximum atomic E-state index is 10.9. The zero-order valence-corrected chi connectivity index (χ0v) is 11.5. The molecular formula is C15H24O2. The Morgan fingerprint density at radius 2 is 1.65 bits per heavy atom. The fourth-order valence-electron chi connectivity index (χ4n) is 1.77. The summed E-state index contributed by atoms with van der Waals surface area (Å²) < 4.78 is 0. The number of carboxylic acid groups (broad SMARTS) is 1. The molecule has 1 saturated carbocycles. The highest BCUT2D eigenvalue weighted by molar-refractivity contribution is 5.79. The zero-order valence-electron chi connectivity index (χ0n) is 11.5. The van der Waals surface area contributed by atoms with Crippen LogP contribution in [0.25, 0.3) is 0 Å². The largest absolute Gasteiger partial charge is 0.481 e. The van der Waals surface area contributed by atoms with Gasteiger partial charge in [-0.15, -0.1) is 0 Å². The summed E-state index contributed by atoms with van der Waals surface area (Å²) in [7, 11) is 0. The van der Waals surface area contributed by atoms with Gasteiger partial charge in [-0.25, -0.2) is 0 Å². The Labute approximate surface area is 105 Å². The minimum absolute atomic E-state index is 0.214. The lowest BCUT2D eigenvalue weighted by Gasteiger charge is -2.04. The van der Waals surface area contributed by atoms with Gasteiger partial charge in [0.05, 0.1) is 5.41 Å². The van der Waals surface area contributed by atoms with Crippen molar-refractivity contribution in [3.05, 3.63) is 35.9 Å². The highest BCUT2D eigenvalue weighted by atomic mass is 16.4. The Morgan fingerprint density at radius 3 is 2.00 bits per heavy atom. The van der Waals surface area contributed by atoms with Crippen LogP contribution in [0, 0.1) is 5.41 Å². The van der Waals surface area contributed by atoms with E-state index in [9.17, 15) is 4.79 Å². The number of benzene rings is 1. The molecule has 1 N–H and O–H groups in total. The van der Waals surface area contributed by atoms with Gasteiger partial charge in [-0.3, -0.25) is 4.79 Å². The van der Waals surface area contributed by atoms with E-state index in [0.717, 1.165) is 12.0 Å². The van der Waals surface area contributed by atoms with Crippen LogP contribution in [0.3, 0.4) is 0 Å². The summed E-state index contributed by atoms with van der Waals surface area (Å²) in [6.07, 6.45) is 0.770. The second-order valence-electron chi connectivity index (χ2n) is 3.89. The smallest absolute Gasteiger partial charge is 0.309 e. The molecule has 0 saturated heterocycles. The molecule has 1 fully saturated rings. The standard InChI is InChI=1S/C11H12O2.2C2H6/c1-11(10(12)13)7-9(11)8-5-3-2-4-6-8;2*1-2/h2-6,9H,7H2,1H3,(H,12,13);2*1-2H3. The van der Waals surface area contributed by atoms with Crippen LogP contribution in [-0.4, -0.2) is 11.1 Å². The van der Waals surface area contributed by atoms with Crippen molar-refractivity contribution in [2.24, 2.45) is 5.41 Å². The van der Waals surface area contributed by atoms with Crippen LogP contribution in [0.4, 0.5) is 0 Å². The summed E-state index contributed by atoms with van der Waals surface area (Å²) in [5, 5.41) is 8.94. The van der Waals surface area contributed by atoms with E-state index >= 15 is 0 Å². The van der Waals surface area contributed by atoms with E-state index in [1.54, 1.807) is 0 Å². The van der Waals surface area contributed by atoms with Gasteiger partial charge >= 0.3 is 5.97 Å². The van der Waals surface area contributed by atoms with Gasteiger partial charge in [0.25, 0.3) is 0 Å². The fraction of sp³-hybridized carbons (Fsp3) is 0.533. The van der Waals surface area contributed by atoms with Crippen molar-refractivity contribution in [2.75, 3.05) is 0 Å². The van der Waals surface area contributed by atoms with Gasteiger partial charge in [0.1, 0.15) is 0 Å². The molecule has 2 heteroatoms. The van der Waals surface area contributed by atoms with Crippen LogP contribution in [0.15, 0.2) is 30.3 Å². The Morgan fingerprint density at radius 1 is 1.18 bits per heavy atom. The van der Waals surface area contributed by atoms with Gasteiger partial charge in [-0.05, 0) is 18.9 Å². The molecule has 1 aromatic carbocycles. The van der Waals surface area contributed by atoms with Gasteiger partial charge < -0.3 is 5.11 Å². The maximum absolute atomic E-state index is 10.9. The molecule has 0 radical (unpaired) electrons. The molecule has 0 bridgehead atoms. The van der Waals surface area contributed by atoms with Crippen molar-refractivity contribution < 1.29 is 9.90 Å². The van der Waals surface area contributed by atoms with Crippen molar-refractivity contribution in [1.29, 1.82) is 0 Å². The Hall–Kier alpha value is -1.31. The number of hydrogen-bond acceptors (Lipinski definition) is 1. The highest BCUT2D eigenvalue weighted by Crippen LogP contribution is 2.58. The van der Waals surface area contributed by atoms with E-state index in [4.69, 9.17) is 5.11 Å². The number of carboxylic acids is 1. The van der Waals surface area contributed by atoms with Gasteiger partial charge in [0.2, 0.25) is 0 Å². The molecular weight excluding hydrogens is 212 g/mol. The Bertz CT molecular complexity index is 332. The monoisotopic (exact) mass is 236 g/mol. The minimum Gasteiger partial charge on any atom is -0.481 e. The van der Waals surface area contributed by atoms with Crippen molar-refractivity contribution in [1.82, 2.24) is 0 Å². The van der Waals surface area contributed by atoms with E-state index in [-0.39, 0.29) is 5.92 Å². The average molecular weight is 236 g/mol. The molecule has 2 atom stereocenters. The summed E-state index contributed by atoms with van der Waals surface area (Å²) in [5.41, 5.74) is 0.633. The fourth-order valence-corrected chi connectivity index (χ4v) is 1.77. The first-order chi connectivity index (χ1) is 8.14. The third kappa shape index (κ3) is 3.58. The third-order valence-electron chi connectivity index (χ3n) is 2.93. The quantitative estimate of drug-likeness (QED) is 0.830. The van der Waals surface area contributed by atoms with E-state index in [2.05, 4.69) is 0 Å². The molecule has 0 amide bonds. The Balaban J connectivity index is 0.000000581. The molecule has 17 heavy (non-hydrogen) atoms. The molecule has 2 unspecified atom stereocenters. The van der Waals surface area contributed by atoms with Crippen molar-refractivity contribution in [2.45, 2.75) is 47.0 Å². The molecule has 1 aliphatic rings. The third-order valence-corrected chi connectivity index (χ3v) is 2.93. The lowest BCUT2D eigenvalue weighted by atomic mass is 10.0. The molecule has 1 aromatic rings. The Kier molecular flexibility index (Phi) is 6.55. The SMILES string of the molecule is CC.CC.CC1(C(=O)O)CC1c1ccccc1. The van der Waals surface area contributed by atoms with Crippen molar-refractivity contribution in [3.8, 4) is 0 Å². The predicted molar refractivity (Wildman–Crippen MR) is 72.2 cm³/mol. The van der Waals surface area contributed by atoms with Crippen molar-refractivity contribution >= 4 is 5.97 Å². The summed E-state index contributed by atoms with van der Waals surface area (Å²) in [4.78, 5) is 10.9. The van der Waals surface area contributed by atoms with Crippen LogP contribution in [-0.2, 0) is 4.79 Å². The summed E-state index contributed by atoms with van der Waals surface area (Å²) in [6.45, 7) is 9.81. The van der Waals surface area contributed by atoms with E-state index in [1.807, 2.05) is 65.0 Å². The van der Waals surface area contributed by atoms with Gasteiger partial charge in [-0.1, -0.05) is 58.0 Å². The maximum Gasteiger partial charge on any atom is 0.309 e. The summed E-state index contributed by atoms with van der Waals surface area (Å²) in [5.74, 6) is -0.465. The normalized spacial score (nSPS) is 24.6. The van der Waals surface area contributed by atoms with Gasteiger partial charge in [-0.2, -0.15) is 0 Å². The van der Waals surface area contributed by atoms with Crippen LogP contribution < -0.4 is 0 Å². The molecule has 0 spiro atoms. The first-order valence-corrected chi connectivity index (χ1v) is 6.43. The van der Waals surface area contributed by atoms with E-state index < -0.39 is 11.4 Å². The number of rotatable bonds is 2. The lowest BCUT2D eigenvalue weighted by Crippen LogP contribution is -2.12. The molecule has 0 aliphatic heterocycles. The van der Waals surface area contributed by atoms with Crippen LogP contribution in [0.5, 0.6) is 0 Å². The topological polar surface area (TPSA) is 37.3 Å². The van der Waals surface area contributed by atoms with Gasteiger partial charge in [0, 0.05) is 5.92 Å². The lowest BCUT2D eigenvalue weighted by molar-refractivity contribution is -0.142. The zero-order chi connectivity index (χ0) is 13.5. The predicted octanol–water partition coefficient (Wildman–Crippen LogP) is 4.32. The highest BCUT2D eigenvalue weighted by Gasteiger charge is 2.56. The molecule has 96 valence electrons. The first-order valence-electron chi connectivity index (χ1n) is 6.43. The van der Waals surface area contributed by atoms with Crippen molar-refractivity contribution in [3.63, 3.8) is 0 Å². The van der Waals surface area contributed by atoms with Crippen LogP contribution in [0.1, 0.15) is 52.5 Å². The summed E-state index contributed by atoms with van der Waals surface area (Å²) in [6, 6.07) is 9.85. The van der Waals surface area contributed by atoms with Crippen LogP contribution in [0.2, 0.25) is 0 Å². The second-order valence-corrected chi connectivity index (χ2v) is 3.89. The molecule has 0 aromatic heterocycles. The average Bonchev–Trinajstić information content (AvgIpc) is 3.09. The number of hydrogen-bond donors (Lipinski definition) is 1. The van der Waals surface area contributed by atoms with Gasteiger partial charge in [0.15, 0.2) is 0 Å². The summed E-state index contributed by atoms with van der Waals surface area (Å²) >= 11 is 0. The number of aliphatic carboxylic acids is 1. The van der Waals surface area contributed by atoms with E-state index in [0.29, 0.717) is 0 Å². The number of carbonyl (C=O) groups is 1. The first kappa shape index (κ1) is 15.7. The molecule has 1 aliphatic carbocycles.